The maximum atomic E-state index is 5.41. The highest BCUT2D eigenvalue weighted by atomic mass is 79.9. The number of furan rings is 1. The van der Waals surface area contributed by atoms with E-state index in [1.807, 2.05) is 6.07 Å². The molecule has 0 saturated heterocycles. The highest BCUT2D eigenvalue weighted by Gasteiger charge is 2.14. The molecule has 92 valence electrons. The van der Waals surface area contributed by atoms with Gasteiger partial charge in [0.1, 0.15) is 0 Å². The predicted octanol–water partition coefficient (Wildman–Crippen LogP) is 4.23. The first-order valence-corrected chi connectivity index (χ1v) is 7.31. The maximum Gasteiger partial charge on any atom is 0.176 e. The Morgan fingerprint density at radius 2 is 2.41 bits per heavy atom. The molecule has 1 atom stereocenters. The van der Waals surface area contributed by atoms with E-state index in [0.717, 1.165) is 33.9 Å². The fourth-order valence-electron chi connectivity index (χ4n) is 1.50. The topological polar surface area (TPSA) is 38.1 Å². The second-order valence-corrected chi connectivity index (χ2v) is 5.56. The van der Waals surface area contributed by atoms with Crippen LogP contribution in [-0.2, 0) is 0 Å². The molecule has 3 nitrogen and oxygen atoms in total. The molecule has 0 aliphatic carbocycles. The Balaban J connectivity index is 2.13. The SMILES string of the molecule is CCCNC(C)c1csc(-c2occc2Br)n1. The fourth-order valence-corrected chi connectivity index (χ4v) is 2.93. The van der Waals surface area contributed by atoms with Crippen molar-refractivity contribution in [2.45, 2.75) is 26.3 Å². The van der Waals surface area contributed by atoms with Crippen molar-refractivity contribution in [1.82, 2.24) is 10.3 Å². The van der Waals surface area contributed by atoms with Crippen molar-refractivity contribution in [3.8, 4) is 10.8 Å². The maximum absolute atomic E-state index is 5.41. The summed E-state index contributed by atoms with van der Waals surface area (Å²) in [7, 11) is 0. The summed E-state index contributed by atoms with van der Waals surface area (Å²) in [4.78, 5) is 4.60. The van der Waals surface area contributed by atoms with E-state index in [1.165, 1.54) is 0 Å². The molecule has 0 bridgehead atoms. The van der Waals surface area contributed by atoms with Crippen LogP contribution in [-0.4, -0.2) is 11.5 Å². The molecule has 0 saturated carbocycles. The van der Waals surface area contributed by atoms with Crippen LogP contribution in [0.3, 0.4) is 0 Å². The predicted molar refractivity (Wildman–Crippen MR) is 74.2 cm³/mol. The van der Waals surface area contributed by atoms with Crippen molar-refractivity contribution in [2.24, 2.45) is 0 Å². The summed E-state index contributed by atoms with van der Waals surface area (Å²) in [5, 5.41) is 6.42. The lowest BCUT2D eigenvalue weighted by atomic mass is 10.2. The fraction of sp³-hybridized carbons (Fsp3) is 0.417. The molecular formula is C12H15BrN2OS. The summed E-state index contributed by atoms with van der Waals surface area (Å²) in [5.74, 6) is 0.809. The van der Waals surface area contributed by atoms with E-state index in [9.17, 15) is 0 Å². The van der Waals surface area contributed by atoms with E-state index in [0.29, 0.717) is 0 Å². The average molecular weight is 315 g/mol. The van der Waals surface area contributed by atoms with Crippen molar-refractivity contribution < 1.29 is 4.42 Å². The highest BCUT2D eigenvalue weighted by molar-refractivity contribution is 9.10. The van der Waals surface area contributed by atoms with E-state index in [-0.39, 0.29) is 6.04 Å². The van der Waals surface area contributed by atoms with E-state index < -0.39 is 0 Å². The number of nitrogens with one attached hydrogen (secondary N) is 1. The lowest BCUT2D eigenvalue weighted by molar-refractivity contribution is 0.558. The van der Waals surface area contributed by atoms with E-state index in [2.05, 4.69) is 45.5 Å². The van der Waals surface area contributed by atoms with Gasteiger partial charge < -0.3 is 9.73 Å². The van der Waals surface area contributed by atoms with Crippen LogP contribution in [0, 0.1) is 0 Å². The number of halogens is 1. The first-order valence-electron chi connectivity index (χ1n) is 5.64. The molecule has 0 aromatic carbocycles. The van der Waals surface area contributed by atoms with E-state index in [1.54, 1.807) is 17.6 Å². The van der Waals surface area contributed by atoms with Crippen LogP contribution in [0.4, 0.5) is 0 Å². The third-order valence-corrected chi connectivity index (χ3v) is 3.96. The molecule has 17 heavy (non-hydrogen) atoms. The average Bonchev–Trinajstić information content (AvgIpc) is 2.93. The van der Waals surface area contributed by atoms with Gasteiger partial charge >= 0.3 is 0 Å². The molecule has 2 heterocycles. The van der Waals surface area contributed by atoms with Gasteiger partial charge in [-0.25, -0.2) is 4.98 Å². The number of thiazole rings is 1. The van der Waals surface area contributed by atoms with Gasteiger partial charge in [0.05, 0.1) is 16.4 Å². The third kappa shape index (κ3) is 2.97. The van der Waals surface area contributed by atoms with Gasteiger partial charge in [0.25, 0.3) is 0 Å². The summed E-state index contributed by atoms with van der Waals surface area (Å²) in [6.07, 6.45) is 2.80. The Bertz CT molecular complexity index is 480. The zero-order valence-electron chi connectivity index (χ0n) is 9.87. The zero-order valence-corrected chi connectivity index (χ0v) is 12.3. The highest BCUT2D eigenvalue weighted by Crippen LogP contribution is 2.32. The minimum atomic E-state index is 0.286. The van der Waals surface area contributed by atoms with Gasteiger partial charge in [-0.2, -0.15) is 0 Å². The van der Waals surface area contributed by atoms with E-state index in [4.69, 9.17) is 4.42 Å². The molecule has 1 unspecified atom stereocenters. The largest absolute Gasteiger partial charge is 0.461 e. The Hall–Kier alpha value is -0.650. The van der Waals surface area contributed by atoms with Crippen molar-refractivity contribution in [3.05, 3.63) is 27.9 Å². The van der Waals surface area contributed by atoms with Crippen molar-refractivity contribution >= 4 is 27.3 Å². The van der Waals surface area contributed by atoms with Gasteiger partial charge in [-0.3, -0.25) is 0 Å². The van der Waals surface area contributed by atoms with Crippen molar-refractivity contribution in [3.63, 3.8) is 0 Å². The number of nitrogens with zero attached hydrogens (tertiary/aromatic N) is 1. The number of rotatable bonds is 5. The van der Waals surface area contributed by atoms with Gasteiger partial charge in [0.15, 0.2) is 10.8 Å². The summed E-state index contributed by atoms with van der Waals surface area (Å²) in [6, 6.07) is 2.17. The quantitative estimate of drug-likeness (QED) is 0.897. The Kier molecular flexibility index (Phi) is 4.36. The summed E-state index contributed by atoms with van der Waals surface area (Å²) >= 11 is 5.06. The van der Waals surface area contributed by atoms with Crippen molar-refractivity contribution in [2.75, 3.05) is 6.54 Å². The molecule has 0 fully saturated rings. The molecule has 0 aliphatic heterocycles. The second kappa shape index (κ2) is 5.80. The summed E-state index contributed by atoms with van der Waals surface area (Å²) < 4.78 is 6.36. The van der Waals surface area contributed by atoms with Gasteiger partial charge in [-0.05, 0) is 41.9 Å². The number of hydrogen-bond donors (Lipinski definition) is 1. The molecule has 5 heteroatoms. The van der Waals surface area contributed by atoms with Crippen LogP contribution in [0.25, 0.3) is 10.8 Å². The second-order valence-electron chi connectivity index (χ2n) is 3.85. The first-order chi connectivity index (χ1) is 8.22. The molecule has 2 aromatic rings. The molecule has 0 radical (unpaired) electrons. The standard InChI is InChI=1S/C12H15BrN2OS/c1-3-5-14-8(2)10-7-17-12(15-10)11-9(13)4-6-16-11/h4,6-8,14H,3,5H2,1-2H3. The van der Waals surface area contributed by atoms with Crippen LogP contribution in [0.2, 0.25) is 0 Å². The van der Waals surface area contributed by atoms with Gasteiger partial charge in [-0.1, -0.05) is 6.92 Å². The van der Waals surface area contributed by atoms with Crippen LogP contribution in [0.5, 0.6) is 0 Å². The van der Waals surface area contributed by atoms with Crippen molar-refractivity contribution in [1.29, 1.82) is 0 Å². The lowest BCUT2D eigenvalue weighted by Gasteiger charge is -2.09. The number of hydrogen-bond acceptors (Lipinski definition) is 4. The molecule has 2 rings (SSSR count). The Morgan fingerprint density at radius 3 is 3.06 bits per heavy atom. The number of aromatic nitrogens is 1. The zero-order chi connectivity index (χ0) is 12.3. The third-order valence-electron chi connectivity index (χ3n) is 2.48. The van der Waals surface area contributed by atoms with Crippen LogP contribution in [0.15, 0.2) is 26.6 Å². The molecule has 0 spiro atoms. The monoisotopic (exact) mass is 314 g/mol. The summed E-state index contributed by atoms with van der Waals surface area (Å²) in [5.41, 5.74) is 1.07. The minimum absolute atomic E-state index is 0.286. The Labute approximate surface area is 113 Å². The molecular weight excluding hydrogens is 300 g/mol. The van der Waals surface area contributed by atoms with Gasteiger partial charge in [0, 0.05) is 11.4 Å². The normalized spacial score (nSPS) is 12.9. The lowest BCUT2D eigenvalue weighted by Crippen LogP contribution is -2.19. The van der Waals surface area contributed by atoms with Gasteiger partial charge in [-0.15, -0.1) is 11.3 Å². The molecule has 2 aromatic heterocycles. The molecule has 0 aliphatic rings. The molecule has 0 amide bonds. The smallest absolute Gasteiger partial charge is 0.176 e. The van der Waals surface area contributed by atoms with Crippen LogP contribution in [0.1, 0.15) is 32.0 Å². The van der Waals surface area contributed by atoms with Crippen LogP contribution < -0.4 is 5.32 Å². The molecule has 1 N–H and O–H groups in total. The van der Waals surface area contributed by atoms with Crippen LogP contribution >= 0.6 is 27.3 Å². The van der Waals surface area contributed by atoms with E-state index >= 15 is 0 Å². The minimum Gasteiger partial charge on any atom is -0.461 e. The Morgan fingerprint density at radius 1 is 1.59 bits per heavy atom. The summed E-state index contributed by atoms with van der Waals surface area (Å²) in [6.45, 7) is 5.30. The first kappa shape index (κ1) is 12.8. The van der Waals surface area contributed by atoms with Gasteiger partial charge in [0.2, 0.25) is 0 Å².